The molecule has 4 N–H and O–H groups in total. The number of benzene rings is 1. The standard InChI is InChI=1S/C21H19N7O3S/c22-14-27-21(28-17-7-9-24-10-8-17)26-11-15-1-4-18(5-2-15)32(30,31)13-16-3-6-19(20(23)29)25-12-16/h1-10,12H,11,13H2,(H2,23,29)(H2,24,26,27,28). The lowest BCUT2D eigenvalue weighted by Crippen LogP contribution is -2.26. The predicted octanol–water partition coefficient (Wildman–Crippen LogP) is 1.59. The largest absolute Gasteiger partial charge is 0.364 e. The highest BCUT2D eigenvalue weighted by molar-refractivity contribution is 7.90. The number of pyridine rings is 2. The van der Waals surface area contributed by atoms with E-state index in [0.29, 0.717) is 11.3 Å². The maximum Gasteiger partial charge on any atom is 0.267 e. The Hall–Kier alpha value is -4.30. The van der Waals surface area contributed by atoms with E-state index in [1.807, 2.05) is 6.19 Å². The van der Waals surface area contributed by atoms with E-state index in [1.165, 1.54) is 30.5 Å². The second kappa shape index (κ2) is 10.1. The minimum absolute atomic E-state index is 0.0692. The third kappa shape index (κ3) is 6.10. The number of nitrogens with two attached hydrogens (primary N) is 1. The molecule has 3 aromatic rings. The highest BCUT2D eigenvalue weighted by Gasteiger charge is 2.16. The predicted molar refractivity (Wildman–Crippen MR) is 118 cm³/mol. The first-order valence-corrected chi connectivity index (χ1v) is 11.0. The van der Waals surface area contributed by atoms with Crippen LogP contribution in [0.15, 0.2) is 77.0 Å². The minimum atomic E-state index is -3.61. The number of primary amides is 1. The number of hydrogen-bond donors (Lipinski definition) is 3. The fraction of sp³-hybridized carbons (Fsp3) is 0.0952. The number of carbonyl (C=O) groups is 1. The summed E-state index contributed by atoms with van der Waals surface area (Å²) in [5.41, 5.74) is 7.12. The summed E-state index contributed by atoms with van der Waals surface area (Å²) in [6.07, 6.45) is 6.35. The fourth-order valence-electron chi connectivity index (χ4n) is 2.67. The number of aliphatic imine (C=N–C) groups is 1. The van der Waals surface area contributed by atoms with Crippen molar-refractivity contribution in [2.24, 2.45) is 10.7 Å². The number of aromatic nitrogens is 2. The normalized spacial score (nSPS) is 11.4. The Bertz CT molecular complexity index is 1250. The van der Waals surface area contributed by atoms with E-state index in [-0.39, 0.29) is 28.8 Å². The molecule has 0 aliphatic carbocycles. The van der Waals surface area contributed by atoms with Crippen molar-refractivity contribution in [2.75, 3.05) is 5.32 Å². The van der Waals surface area contributed by atoms with Gasteiger partial charge in [0, 0.05) is 24.3 Å². The van der Waals surface area contributed by atoms with Crippen molar-refractivity contribution in [3.8, 4) is 6.19 Å². The van der Waals surface area contributed by atoms with E-state index in [4.69, 9.17) is 11.0 Å². The van der Waals surface area contributed by atoms with Gasteiger partial charge in [-0.25, -0.2) is 13.4 Å². The highest BCUT2D eigenvalue weighted by atomic mass is 32.2. The Kier molecular flexibility index (Phi) is 7.09. The van der Waals surface area contributed by atoms with Gasteiger partial charge in [0.25, 0.3) is 5.91 Å². The van der Waals surface area contributed by atoms with Crippen LogP contribution in [0.1, 0.15) is 21.6 Å². The molecular weight excluding hydrogens is 430 g/mol. The first kappa shape index (κ1) is 22.4. The van der Waals surface area contributed by atoms with E-state index in [0.717, 1.165) is 5.56 Å². The van der Waals surface area contributed by atoms with Crippen LogP contribution >= 0.6 is 0 Å². The molecule has 0 bridgehead atoms. The van der Waals surface area contributed by atoms with Gasteiger partial charge in [-0.2, -0.15) is 5.26 Å². The first-order valence-electron chi connectivity index (χ1n) is 9.30. The number of sulfone groups is 1. The lowest BCUT2D eigenvalue weighted by Gasteiger charge is -2.08. The smallest absolute Gasteiger partial charge is 0.267 e. The van der Waals surface area contributed by atoms with Gasteiger partial charge in [-0.05, 0) is 41.5 Å². The van der Waals surface area contributed by atoms with Gasteiger partial charge in [0.1, 0.15) is 5.69 Å². The molecule has 32 heavy (non-hydrogen) atoms. The second-order valence-electron chi connectivity index (χ2n) is 6.58. The van der Waals surface area contributed by atoms with Gasteiger partial charge in [-0.1, -0.05) is 18.2 Å². The molecule has 1 aromatic carbocycles. The molecule has 0 fully saturated rings. The molecule has 0 atom stereocenters. The van der Waals surface area contributed by atoms with Crippen molar-refractivity contribution in [3.05, 3.63) is 83.9 Å². The molecule has 2 heterocycles. The van der Waals surface area contributed by atoms with Crippen LogP contribution in [0.3, 0.4) is 0 Å². The van der Waals surface area contributed by atoms with Crippen LogP contribution in [-0.2, 0) is 22.1 Å². The molecule has 10 nitrogen and oxygen atoms in total. The van der Waals surface area contributed by atoms with Gasteiger partial charge < -0.3 is 11.1 Å². The van der Waals surface area contributed by atoms with Gasteiger partial charge in [-0.15, -0.1) is 0 Å². The quantitative estimate of drug-likeness (QED) is 0.212. The molecule has 1 amide bonds. The van der Waals surface area contributed by atoms with Gasteiger partial charge in [-0.3, -0.25) is 20.1 Å². The highest BCUT2D eigenvalue weighted by Crippen LogP contribution is 2.17. The van der Waals surface area contributed by atoms with Crippen LogP contribution in [0.2, 0.25) is 0 Å². The Morgan fingerprint density at radius 2 is 1.75 bits per heavy atom. The van der Waals surface area contributed by atoms with Crippen molar-refractivity contribution < 1.29 is 13.2 Å². The summed E-state index contributed by atoms with van der Waals surface area (Å²) in [6.45, 7) is 0.223. The topological polar surface area (TPSA) is 163 Å². The molecule has 0 saturated carbocycles. The van der Waals surface area contributed by atoms with E-state index in [9.17, 15) is 13.2 Å². The van der Waals surface area contributed by atoms with Gasteiger partial charge in [0.05, 0.1) is 17.2 Å². The molecular formula is C21H19N7O3S. The maximum absolute atomic E-state index is 12.7. The number of amides is 1. The Morgan fingerprint density at radius 3 is 2.34 bits per heavy atom. The zero-order valence-corrected chi connectivity index (χ0v) is 17.6. The van der Waals surface area contributed by atoms with Crippen LogP contribution in [-0.4, -0.2) is 30.3 Å². The van der Waals surface area contributed by atoms with Gasteiger partial charge >= 0.3 is 0 Å². The third-order valence-corrected chi connectivity index (χ3v) is 5.96. The summed E-state index contributed by atoms with van der Waals surface area (Å²) < 4.78 is 25.4. The van der Waals surface area contributed by atoms with Crippen molar-refractivity contribution in [3.63, 3.8) is 0 Å². The van der Waals surface area contributed by atoms with Crippen molar-refractivity contribution in [2.45, 2.75) is 17.2 Å². The summed E-state index contributed by atoms with van der Waals surface area (Å²) in [5, 5.41) is 14.4. The molecule has 0 spiro atoms. The SMILES string of the molecule is N#CNC(=NCc1ccc(S(=O)(=O)Cc2ccc(C(N)=O)nc2)cc1)Nc1ccncc1. The first-order chi connectivity index (χ1) is 15.4. The number of hydrogen-bond acceptors (Lipinski definition) is 7. The Morgan fingerprint density at radius 1 is 1.06 bits per heavy atom. The maximum atomic E-state index is 12.7. The summed E-state index contributed by atoms with van der Waals surface area (Å²) >= 11 is 0. The van der Waals surface area contributed by atoms with Crippen LogP contribution in [0.25, 0.3) is 0 Å². The molecule has 0 saturated heterocycles. The monoisotopic (exact) mass is 449 g/mol. The molecule has 0 aliphatic rings. The summed E-state index contributed by atoms with van der Waals surface area (Å²) in [6, 6.07) is 12.7. The third-order valence-electron chi connectivity index (χ3n) is 4.25. The van der Waals surface area contributed by atoms with E-state index >= 15 is 0 Å². The number of rotatable bonds is 7. The number of guanidine groups is 1. The molecule has 3 rings (SSSR count). The van der Waals surface area contributed by atoms with Crippen LogP contribution in [0.5, 0.6) is 0 Å². The fourth-order valence-corrected chi connectivity index (χ4v) is 3.99. The Labute approximate surface area is 184 Å². The van der Waals surface area contributed by atoms with Gasteiger partial charge in [0.15, 0.2) is 16.0 Å². The average molecular weight is 449 g/mol. The average Bonchev–Trinajstić information content (AvgIpc) is 2.79. The molecule has 2 aromatic heterocycles. The lowest BCUT2D eigenvalue weighted by molar-refractivity contribution is 0.0995. The Balaban J connectivity index is 1.68. The van der Waals surface area contributed by atoms with Crippen LogP contribution < -0.4 is 16.4 Å². The number of nitrogens with one attached hydrogen (secondary N) is 2. The van der Waals surface area contributed by atoms with Crippen LogP contribution in [0.4, 0.5) is 5.69 Å². The van der Waals surface area contributed by atoms with Crippen molar-refractivity contribution in [1.29, 1.82) is 5.26 Å². The zero-order chi connectivity index (χ0) is 23.0. The van der Waals surface area contributed by atoms with Gasteiger partial charge in [0.2, 0.25) is 5.96 Å². The number of anilines is 1. The zero-order valence-electron chi connectivity index (χ0n) is 16.8. The second-order valence-corrected chi connectivity index (χ2v) is 8.57. The summed E-state index contributed by atoms with van der Waals surface area (Å²) in [7, 11) is -3.61. The number of nitriles is 1. The van der Waals surface area contributed by atoms with E-state index in [1.54, 1.807) is 36.7 Å². The van der Waals surface area contributed by atoms with Crippen molar-refractivity contribution in [1.82, 2.24) is 15.3 Å². The molecule has 11 heteroatoms. The minimum Gasteiger partial charge on any atom is -0.364 e. The molecule has 162 valence electrons. The molecule has 0 radical (unpaired) electrons. The summed E-state index contributed by atoms with van der Waals surface area (Å²) in [5.74, 6) is -0.688. The number of nitrogens with zero attached hydrogens (tertiary/aromatic N) is 4. The summed E-state index contributed by atoms with van der Waals surface area (Å²) in [4.78, 5) is 23.3. The lowest BCUT2D eigenvalue weighted by atomic mass is 10.2. The van der Waals surface area contributed by atoms with Crippen LogP contribution in [0, 0.1) is 11.5 Å². The van der Waals surface area contributed by atoms with Crippen molar-refractivity contribution >= 4 is 27.4 Å². The molecule has 0 aliphatic heterocycles. The van der Waals surface area contributed by atoms with E-state index < -0.39 is 15.7 Å². The molecule has 0 unspecified atom stereocenters. The van der Waals surface area contributed by atoms with E-state index in [2.05, 4.69) is 25.6 Å². The number of carbonyl (C=O) groups excluding carboxylic acids is 1.